The van der Waals surface area contributed by atoms with Gasteiger partial charge in [-0.3, -0.25) is 9.59 Å². The van der Waals surface area contributed by atoms with Crippen LogP contribution in [0.5, 0.6) is 11.5 Å². The maximum atomic E-state index is 12.5. The van der Waals surface area contributed by atoms with Crippen LogP contribution in [0, 0.1) is 0 Å². The predicted molar refractivity (Wildman–Crippen MR) is 83.6 cm³/mol. The van der Waals surface area contributed by atoms with Gasteiger partial charge in [-0.25, -0.2) is 9.69 Å². The molecule has 0 saturated heterocycles. The van der Waals surface area contributed by atoms with E-state index in [1.165, 1.54) is 31.4 Å². The number of phenolic OH excluding ortho intramolecular Hbond substituents is 1. The van der Waals surface area contributed by atoms with E-state index in [-0.39, 0.29) is 28.1 Å². The second-order valence-corrected chi connectivity index (χ2v) is 5.03. The number of nitrogens with zero attached hydrogens (tertiary/aromatic N) is 1. The average Bonchev–Trinajstić information content (AvgIpc) is 2.86. The molecular formula is C17H13NO6. The molecule has 0 spiro atoms. The lowest BCUT2D eigenvalue weighted by Crippen LogP contribution is -2.29. The van der Waals surface area contributed by atoms with Crippen molar-refractivity contribution in [1.29, 1.82) is 0 Å². The molecule has 7 heteroatoms. The number of phenols is 1. The smallest absolute Gasteiger partial charge is 0.341 e. The van der Waals surface area contributed by atoms with Gasteiger partial charge in [0.25, 0.3) is 11.8 Å². The van der Waals surface area contributed by atoms with Crippen molar-refractivity contribution in [2.24, 2.45) is 0 Å². The van der Waals surface area contributed by atoms with Crippen molar-refractivity contribution in [2.75, 3.05) is 19.1 Å². The fourth-order valence-electron chi connectivity index (χ4n) is 2.56. The summed E-state index contributed by atoms with van der Waals surface area (Å²) >= 11 is 0. The monoisotopic (exact) mass is 327 g/mol. The summed E-state index contributed by atoms with van der Waals surface area (Å²) in [5, 5.41) is 10.4. The minimum absolute atomic E-state index is 0.138. The highest BCUT2D eigenvalue weighted by molar-refractivity contribution is 6.35. The molecule has 1 heterocycles. The van der Waals surface area contributed by atoms with E-state index in [4.69, 9.17) is 4.74 Å². The highest BCUT2D eigenvalue weighted by Crippen LogP contribution is 2.39. The van der Waals surface area contributed by atoms with Crippen molar-refractivity contribution in [3.63, 3.8) is 0 Å². The molecule has 0 aliphatic carbocycles. The number of esters is 1. The summed E-state index contributed by atoms with van der Waals surface area (Å²) in [4.78, 5) is 37.7. The quantitative estimate of drug-likeness (QED) is 0.684. The Labute approximate surface area is 137 Å². The number of ether oxygens (including phenoxy) is 2. The molecule has 2 aromatic rings. The number of imide groups is 1. The maximum absolute atomic E-state index is 12.5. The van der Waals surface area contributed by atoms with Crippen LogP contribution in [0.3, 0.4) is 0 Å². The number of rotatable bonds is 3. The number of carbonyl (C=O) groups is 3. The molecule has 3 rings (SSSR count). The molecule has 24 heavy (non-hydrogen) atoms. The molecule has 122 valence electrons. The van der Waals surface area contributed by atoms with Gasteiger partial charge in [0.15, 0.2) is 5.75 Å². The number of methoxy groups -OCH3 is 2. The summed E-state index contributed by atoms with van der Waals surface area (Å²) in [6.07, 6.45) is 0. The number of carbonyl (C=O) groups excluding carboxylic acids is 3. The number of hydrogen-bond acceptors (Lipinski definition) is 6. The van der Waals surface area contributed by atoms with Crippen molar-refractivity contribution < 1.29 is 29.0 Å². The van der Waals surface area contributed by atoms with E-state index in [0.29, 0.717) is 0 Å². The van der Waals surface area contributed by atoms with Gasteiger partial charge < -0.3 is 14.6 Å². The Bertz CT molecular complexity index is 838. The van der Waals surface area contributed by atoms with Crippen molar-refractivity contribution in [1.82, 2.24) is 0 Å². The Kier molecular flexibility index (Phi) is 3.69. The molecule has 0 aromatic heterocycles. The molecule has 2 amide bonds. The summed E-state index contributed by atoms with van der Waals surface area (Å²) < 4.78 is 9.69. The van der Waals surface area contributed by atoms with Crippen LogP contribution in [-0.4, -0.2) is 37.1 Å². The first-order valence-electron chi connectivity index (χ1n) is 6.96. The molecule has 1 aliphatic rings. The summed E-state index contributed by atoms with van der Waals surface area (Å²) in [6, 6.07) is 8.89. The summed E-state index contributed by atoms with van der Waals surface area (Å²) in [7, 11) is 2.52. The van der Waals surface area contributed by atoms with Crippen molar-refractivity contribution in [2.45, 2.75) is 0 Å². The number of hydrogen-bond donors (Lipinski definition) is 1. The van der Waals surface area contributed by atoms with Crippen molar-refractivity contribution >= 4 is 23.5 Å². The SMILES string of the molecule is COC(=O)c1cc(OC)cc(N2C(=O)c3ccccc3C2=O)c1O. The molecule has 0 atom stereocenters. The molecule has 0 fully saturated rings. The van der Waals surface area contributed by atoms with E-state index in [0.717, 1.165) is 12.0 Å². The second-order valence-electron chi connectivity index (χ2n) is 5.03. The molecule has 1 N–H and O–H groups in total. The lowest BCUT2D eigenvalue weighted by Gasteiger charge is -2.18. The molecule has 0 saturated carbocycles. The summed E-state index contributed by atoms with van der Waals surface area (Å²) in [6.45, 7) is 0. The molecule has 7 nitrogen and oxygen atoms in total. The van der Waals surface area contributed by atoms with Gasteiger partial charge in [0.1, 0.15) is 11.3 Å². The Hall–Kier alpha value is -3.35. The minimum atomic E-state index is -0.816. The van der Waals surface area contributed by atoms with Crippen LogP contribution in [0.4, 0.5) is 5.69 Å². The Morgan fingerprint density at radius 3 is 2.12 bits per heavy atom. The zero-order chi connectivity index (χ0) is 17.4. The van der Waals surface area contributed by atoms with Gasteiger partial charge in [-0.2, -0.15) is 0 Å². The number of benzene rings is 2. The Morgan fingerprint density at radius 2 is 1.62 bits per heavy atom. The molecule has 2 aromatic carbocycles. The van der Waals surface area contributed by atoms with Crippen LogP contribution < -0.4 is 9.64 Å². The first kappa shape index (κ1) is 15.5. The van der Waals surface area contributed by atoms with Crippen LogP contribution in [0.15, 0.2) is 36.4 Å². The number of anilines is 1. The first-order chi connectivity index (χ1) is 11.5. The van der Waals surface area contributed by atoms with Gasteiger partial charge in [0.2, 0.25) is 0 Å². The third kappa shape index (κ3) is 2.18. The van der Waals surface area contributed by atoms with E-state index < -0.39 is 23.5 Å². The third-order valence-electron chi connectivity index (χ3n) is 3.74. The molecular weight excluding hydrogens is 314 g/mol. The van der Waals surface area contributed by atoms with Gasteiger partial charge in [-0.05, 0) is 18.2 Å². The zero-order valence-electron chi connectivity index (χ0n) is 12.9. The fourth-order valence-corrected chi connectivity index (χ4v) is 2.56. The van der Waals surface area contributed by atoms with Crippen LogP contribution in [0.1, 0.15) is 31.1 Å². The highest BCUT2D eigenvalue weighted by Gasteiger charge is 2.38. The van der Waals surface area contributed by atoms with Crippen LogP contribution in [-0.2, 0) is 4.74 Å². The van der Waals surface area contributed by atoms with Gasteiger partial charge in [-0.1, -0.05) is 12.1 Å². The van der Waals surface area contributed by atoms with E-state index >= 15 is 0 Å². The van der Waals surface area contributed by atoms with Crippen LogP contribution in [0.25, 0.3) is 0 Å². The van der Waals surface area contributed by atoms with Crippen molar-refractivity contribution in [3.8, 4) is 11.5 Å². The lowest BCUT2D eigenvalue weighted by atomic mass is 10.1. The normalized spacial score (nSPS) is 13.0. The topological polar surface area (TPSA) is 93.1 Å². The van der Waals surface area contributed by atoms with Gasteiger partial charge >= 0.3 is 5.97 Å². The summed E-state index contributed by atoms with van der Waals surface area (Å²) in [5.74, 6) is -2.33. The number of fused-ring (bicyclic) bond motifs is 1. The zero-order valence-corrected chi connectivity index (χ0v) is 12.9. The standard InChI is InChI=1S/C17H13NO6/c1-23-9-7-12(17(22)24-2)14(19)13(8-9)18-15(20)10-5-3-4-6-11(10)16(18)21/h3-8,19H,1-2H3. The third-order valence-corrected chi connectivity index (χ3v) is 3.74. The second kappa shape index (κ2) is 5.69. The van der Waals surface area contributed by atoms with Crippen LogP contribution in [0.2, 0.25) is 0 Å². The highest BCUT2D eigenvalue weighted by atomic mass is 16.5. The van der Waals surface area contributed by atoms with E-state index in [1.54, 1.807) is 12.1 Å². The van der Waals surface area contributed by atoms with E-state index in [2.05, 4.69) is 4.74 Å². The molecule has 0 radical (unpaired) electrons. The molecule has 1 aliphatic heterocycles. The van der Waals surface area contributed by atoms with Gasteiger partial charge in [0.05, 0.1) is 31.0 Å². The summed E-state index contributed by atoms with van der Waals surface area (Å²) in [5.41, 5.74) is 0.109. The van der Waals surface area contributed by atoms with E-state index in [9.17, 15) is 19.5 Å². The number of amides is 2. The predicted octanol–water partition coefficient (Wildman–Crippen LogP) is 1.99. The van der Waals surface area contributed by atoms with Gasteiger partial charge in [-0.15, -0.1) is 0 Å². The maximum Gasteiger partial charge on any atom is 0.341 e. The molecule has 0 unspecified atom stereocenters. The van der Waals surface area contributed by atoms with Gasteiger partial charge in [0, 0.05) is 6.07 Å². The Morgan fingerprint density at radius 1 is 1.04 bits per heavy atom. The Balaban J connectivity index is 2.19. The number of aromatic hydroxyl groups is 1. The van der Waals surface area contributed by atoms with Crippen LogP contribution >= 0.6 is 0 Å². The molecule has 0 bridgehead atoms. The van der Waals surface area contributed by atoms with E-state index in [1.807, 2.05) is 0 Å². The average molecular weight is 327 g/mol. The minimum Gasteiger partial charge on any atom is -0.505 e. The lowest BCUT2D eigenvalue weighted by molar-refractivity contribution is 0.0596. The fraction of sp³-hybridized carbons (Fsp3) is 0.118. The van der Waals surface area contributed by atoms with Crippen molar-refractivity contribution in [3.05, 3.63) is 53.1 Å². The largest absolute Gasteiger partial charge is 0.505 e. The first-order valence-corrected chi connectivity index (χ1v) is 6.96.